The molecule has 4 heterocycles. The summed E-state index contributed by atoms with van der Waals surface area (Å²) < 4.78 is 0. The molecule has 4 nitrogen and oxygen atoms in total. The number of nitrogens with one attached hydrogen (secondary N) is 1. The molecule has 0 unspecified atom stereocenters. The van der Waals surface area contributed by atoms with Crippen LogP contribution in [0.5, 0.6) is 0 Å². The monoisotopic (exact) mass is 276 g/mol. The largest absolute Gasteiger partial charge is 0.258 e. The van der Waals surface area contributed by atoms with Gasteiger partial charge >= 0.3 is 0 Å². The molecule has 1 aromatic carbocycles. The Morgan fingerprint density at radius 2 is 1.57 bits per heavy atom. The van der Waals surface area contributed by atoms with Crippen molar-refractivity contribution in [2.24, 2.45) is 0 Å². The van der Waals surface area contributed by atoms with Crippen molar-refractivity contribution in [2.45, 2.75) is 25.7 Å². The van der Waals surface area contributed by atoms with Crippen molar-refractivity contribution in [3.8, 4) is 11.5 Å². The minimum absolute atomic E-state index is 0.762. The second kappa shape index (κ2) is 5.13. The molecule has 2 aromatic heterocycles. The summed E-state index contributed by atoms with van der Waals surface area (Å²) in [5.74, 6) is 0.762. The Kier molecular flexibility index (Phi) is 2.99. The van der Waals surface area contributed by atoms with E-state index >= 15 is 0 Å². The summed E-state index contributed by atoms with van der Waals surface area (Å²) in [6, 6.07) is 13.3. The first-order valence-corrected chi connectivity index (χ1v) is 7.31. The van der Waals surface area contributed by atoms with Gasteiger partial charge in [-0.2, -0.15) is 5.10 Å². The van der Waals surface area contributed by atoms with Crippen LogP contribution in [0.15, 0.2) is 42.7 Å². The Morgan fingerprint density at radius 3 is 2.29 bits per heavy atom. The summed E-state index contributed by atoms with van der Waals surface area (Å²) in [5.41, 5.74) is 6.01. The van der Waals surface area contributed by atoms with Crippen LogP contribution >= 0.6 is 0 Å². The summed E-state index contributed by atoms with van der Waals surface area (Å²) >= 11 is 0. The van der Waals surface area contributed by atoms with Crippen LogP contribution in [0.1, 0.15) is 22.4 Å². The number of benzene rings is 1. The SMILES string of the molecule is c1n[nH]c(-c2nc3ccc2CCc2ccc(cc2)CC3)n1. The number of aryl methyl sites for hydroxylation is 4. The molecule has 0 fully saturated rings. The molecule has 4 aliphatic rings. The third-order valence-electron chi connectivity index (χ3n) is 4.05. The van der Waals surface area contributed by atoms with Crippen LogP contribution in [-0.2, 0) is 25.7 Å². The van der Waals surface area contributed by atoms with E-state index in [1.165, 1.54) is 23.0 Å². The zero-order valence-electron chi connectivity index (χ0n) is 11.7. The number of rotatable bonds is 1. The van der Waals surface area contributed by atoms with Crippen molar-refractivity contribution in [3.63, 3.8) is 0 Å². The van der Waals surface area contributed by atoms with Crippen LogP contribution in [0.3, 0.4) is 0 Å². The first-order valence-electron chi connectivity index (χ1n) is 7.31. The van der Waals surface area contributed by atoms with Crippen molar-refractivity contribution < 1.29 is 0 Å². The lowest BCUT2D eigenvalue weighted by molar-refractivity contribution is 0.880. The van der Waals surface area contributed by atoms with E-state index in [0.717, 1.165) is 42.9 Å². The molecule has 2 aliphatic heterocycles. The molecule has 7 rings (SSSR count). The van der Waals surface area contributed by atoms with E-state index in [1.807, 2.05) is 0 Å². The Morgan fingerprint density at radius 1 is 0.810 bits per heavy atom. The maximum Gasteiger partial charge on any atom is 0.174 e. The number of hydrogen-bond acceptors (Lipinski definition) is 3. The molecule has 0 atom stereocenters. The highest BCUT2D eigenvalue weighted by Gasteiger charge is 2.12. The smallest absolute Gasteiger partial charge is 0.174 e. The average molecular weight is 276 g/mol. The first kappa shape index (κ1) is 12.3. The maximum atomic E-state index is 4.81. The van der Waals surface area contributed by atoms with Crippen molar-refractivity contribution in [1.82, 2.24) is 20.2 Å². The number of hydrogen-bond donors (Lipinski definition) is 1. The van der Waals surface area contributed by atoms with Gasteiger partial charge < -0.3 is 0 Å². The highest BCUT2D eigenvalue weighted by molar-refractivity contribution is 5.55. The third-order valence-corrected chi connectivity index (χ3v) is 4.05. The summed E-state index contributed by atoms with van der Waals surface area (Å²) in [7, 11) is 0. The molecule has 104 valence electrons. The lowest BCUT2D eigenvalue weighted by Crippen LogP contribution is -2.04. The summed E-state index contributed by atoms with van der Waals surface area (Å²) in [5, 5.41) is 6.89. The van der Waals surface area contributed by atoms with Gasteiger partial charge in [-0.25, -0.2) is 9.97 Å². The van der Waals surface area contributed by atoms with Gasteiger partial charge in [0.25, 0.3) is 0 Å². The van der Waals surface area contributed by atoms with E-state index in [-0.39, 0.29) is 0 Å². The second-order valence-electron chi connectivity index (χ2n) is 5.46. The number of aromatic amines is 1. The van der Waals surface area contributed by atoms with Crippen LogP contribution in [0, 0.1) is 0 Å². The van der Waals surface area contributed by atoms with E-state index in [0.29, 0.717) is 0 Å². The molecule has 0 amide bonds. The van der Waals surface area contributed by atoms with Crippen molar-refractivity contribution >= 4 is 0 Å². The van der Waals surface area contributed by atoms with E-state index < -0.39 is 0 Å². The molecule has 1 N–H and O–H groups in total. The lowest BCUT2D eigenvalue weighted by atomic mass is 9.98. The Balaban J connectivity index is 1.79. The quantitative estimate of drug-likeness (QED) is 0.743. The maximum absolute atomic E-state index is 4.81. The number of pyridine rings is 1. The minimum atomic E-state index is 0.762. The van der Waals surface area contributed by atoms with Gasteiger partial charge in [-0.15, -0.1) is 0 Å². The lowest BCUT2D eigenvalue weighted by Gasteiger charge is -2.12. The number of aromatic nitrogens is 4. The molecule has 21 heavy (non-hydrogen) atoms. The molecule has 0 saturated carbocycles. The van der Waals surface area contributed by atoms with Gasteiger partial charge in [-0.1, -0.05) is 30.3 Å². The fourth-order valence-corrected chi connectivity index (χ4v) is 2.82. The molecular formula is C17H16N4. The zero-order chi connectivity index (χ0) is 14.1. The molecule has 3 aromatic rings. The van der Waals surface area contributed by atoms with Gasteiger partial charge in [0.05, 0.1) is 0 Å². The highest BCUT2D eigenvalue weighted by Crippen LogP contribution is 2.22. The van der Waals surface area contributed by atoms with Gasteiger partial charge in [0, 0.05) is 5.69 Å². The molecule has 0 spiro atoms. The Bertz CT molecular complexity index is 745. The third kappa shape index (κ3) is 2.44. The predicted octanol–water partition coefficient (Wildman–Crippen LogP) is 2.75. The topological polar surface area (TPSA) is 54.5 Å². The fourth-order valence-electron chi connectivity index (χ4n) is 2.82. The van der Waals surface area contributed by atoms with Crippen LogP contribution in [0.2, 0.25) is 0 Å². The van der Waals surface area contributed by atoms with E-state index in [2.05, 4.69) is 51.6 Å². The van der Waals surface area contributed by atoms with E-state index in [9.17, 15) is 0 Å². The van der Waals surface area contributed by atoms with Gasteiger partial charge in [-0.3, -0.25) is 5.10 Å². The molecular weight excluding hydrogens is 260 g/mol. The molecule has 2 aliphatic carbocycles. The van der Waals surface area contributed by atoms with Gasteiger partial charge in [-0.05, 0) is 48.4 Å². The van der Waals surface area contributed by atoms with Gasteiger partial charge in [0.2, 0.25) is 0 Å². The Labute approximate surface area is 123 Å². The minimum Gasteiger partial charge on any atom is -0.258 e. The normalized spacial score (nSPS) is 13.9. The molecule has 0 saturated heterocycles. The zero-order valence-corrected chi connectivity index (χ0v) is 11.7. The van der Waals surface area contributed by atoms with Gasteiger partial charge in [0.1, 0.15) is 12.0 Å². The number of nitrogens with zero attached hydrogens (tertiary/aromatic N) is 3. The standard InChI is InChI=1S/C17H16N4/c1-3-13-4-2-12(1)5-7-14-8-10-15(9-6-13)20-16(14)17-18-11-19-21-17/h1-4,8,10-11H,5-7,9H2,(H,18,19,21). The molecule has 4 bridgehead atoms. The van der Waals surface area contributed by atoms with E-state index in [4.69, 9.17) is 4.98 Å². The average Bonchev–Trinajstić information content (AvgIpc) is 3.04. The summed E-state index contributed by atoms with van der Waals surface area (Å²) in [6.07, 6.45) is 5.48. The second-order valence-corrected chi connectivity index (χ2v) is 5.46. The van der Waals surface area contributed by atoms with Crippen molar-refractivity contribution in [2.75, 3.05) is 0 Å². The van der Waals surface area contributed by atoms with E-state index in [1.54, 1.807) is 0 Å². The molecule has 0 radical (unpaired) electrons. The Hall–Kier alpha value is -2.49. The number of H-pyrrole nitrogens is 1. The van der Waals surface area contributed by atoms with Crippen LogP contribution < -0.4 is 0 Å². The van der Waals surface area contributed by atoms with Crippen LogP contribution in [0.25, 0.3) is 11.5 Å². The summed E-state index contributed by atoms with van der Waals surface area (Å²) in [6.45, 7) is 0. The summed E-state index contributed by atoms with van der Waals surface area (Å²) in [4.78, 5) is 9.08. The van der Waals surface area contributed by atoms with Crippen molar-refractivity contribution in [3.05, 3.63) is 65.1 Å². The fraction of sp³-hybridized carbons (Fsp3) is 0.235. The molecule has 4 heteroatoms. The van der Waals surface area contributed by atoms with Crippen LogP contribution in [-0.4, -0.2) is 20.2 Å². The van der Waals surface area contributed by atoms with Gasteiger partial charge in [0.15, 0.2) is 5.82 Å². The highest BCUT2D eigenvalue weighted by atomic mass is 15.2. The van der Waals surface area contributed by atoms with Crippen LogP contribution in [0.4, 0.5) is 0 Å². The van der Waals surface area contributed by atoms with Crippen molar-refractivity contribution in [1.29, 1.82) is 0 Å². The first-order chi connectivity index (χ1) is 10.4. The predicted molar refractivity (Wildman–Crippen MR) is 80.9 cm³/mol.